The number of aliphatic carboxylic acids is 1. The monoisotopic (exact) mass is 302 g/mol. The fraction of sp³-hybridized carbons (Fsp3) is 0.267. The molecule has 114 valence electrons. The molecule has 0 bridgehead atoms. The summed E-state index contributed by atoms with van der Waals surface area (Å²) < 4.78 is 5.13. The number of fused-ring (bicyclic) bond motifs is 1. The Bertz CT molecular complexity index is 798. The van der Waals surface area contributed by atoms with Crippen LogP contribution in [0.15, 0.2) is 35.1 Å². The molecule has 2 aromatic rings. The van der Waals surface area contributed by atoms with Gasteiger partial charge in [-0.1, -0.05) is 18.2 Å². The van der Waals surface area contributed by atoms with Gasteiger partial charge in [-0.25, -0.2) is 4.79 Å². The Morgan fingerprint density at radius 2 is 2.09 bits per heavy atom. The number of carboxylic acids is 1. The first kappa shape index (κ1) is 14.3. The molecular weight excluding hydrogens is 288 g/mol. The van der Waals surface area contributed by atoms with Crippen LogP contribution in [0.4, 0.5) is 0 Å². The van der Waals surface area contributed by atoms with Gasteiger partial charge in [0.1, 0.15) is 0 Å². The van der Waals surface area contributed by atoms with E-state index in [2.05, 4.69) is 4.98 Å². The van der Waals surface area contributed by atoms with Crippen molar-refractivity contribution < 1.29 is 19.4 Å². The average molecular weight is 302 g/mol. The molecule has 2 heterocycles. The maximum Gasteiger partial charge on any atom is 0.328 e. The first-order chi connectivity index (χ1) is 10.6. The Morgan fingerprint density at radius 3 is 2.86 bits per heavy atom. The summed E-state index contributed by atoms with van der Waals surface area (Å²) in [7, 11) is 0. The molecule has 1 aromatic heterocycles. The molecule has 1 aliphatic rings. The number of aromatic amines is 1. The van der Waals surface area contributed by atoms with Crippen molar-refractivity contribution in [1.29, 1.82) is 0 Å². The lowest BCUT2D eigenvalue weighted by Gasteiger charge is -2.33. The van der Waals surface area contributed by atoms with E-state index in [1.54, 1.807) is 24.3 Å². The van der Waals surface area contributed by atoms with Crippen molar-refractivity contribution in [2.75, 3.05) is 19.8 Å². The fourth-order valence-electron chi connectivity index (χ4n) is 2.59. The van der Waals surface area contributed by atoms with Gasteiger partial charge in [-0.2, -0.15) is 0 Å². The summed E-state index contributed by atoms with van der Waals surface area (Å²) in [5, 5.41) is 9.82. The van der Waals surface area contributed by atoms with Crippen molar-refractivity contribution >= 4 is 22.8 Å². The third-order valence-electron chi connectivity index (χ3n) is 3.66. The largest absolute Gasteiger partial charge is 0.480 e. The van der Waals surface area contributed by atoms with Gasteiger partial charge in [0.05, 0.1) is 18.8 Å². The summed E-state index contributed by atoms with van der Waals surface area (Å²) in [6, 6.07) is 7.08. The van der Waals surface area contributed by atoms with Gasteiger partial charge in [0.2, 0.25) is 5.56 Å². The van der Waals surface area contributed by atoms with Crippen molar-refractivity contribution in [1.82, 2.24) is 9.88 Å². The van der Waals surface area contributed by atoms with Crippen LogP contribution in [-0.4, -0.2) is 52.7 Å². The number of aromatic nitrogens is 1. The van der Waals surface area contributed by atoms with Crippen LogP contribution in [0, 0.1) is 0 Å². The third-order valence-corrected chi connectivity index (χ3v) is 3.66. The third kappa shape index (κ3) is 2.46. The highest BCUT2D eigenvalue weighted by Crippen LogP contribution is 2.19. The van der Waals surface area contributed by atoms with E-state index < -0.39 is 23.5 Å². The van der Waals surface area contributed by atoms with E-state index in [-0.39, 0.29) is 25.3 Å². The number of amides is 1. The number of rotatable bonds is 2. The minimum absolute atomic E-state index is 0.0534. The number of benzene rings is 1. The van der Waals surface area contributed by atoms with E-state index in [9.17, 15) is 19.5 Å². The number of carbonyl (C=O) groups is 2. The number of carbonyl (C=O) groups excluding carboxylic acids is 1. The van der Waals surface area contributed by atoms with E-state index in [0.29, 0.717) is 10.9 Å². The van der Waals surface area contributed by atoms with Gasteiger partial charge in [0.15, 0.2) is 6.04 Å². The van der Waals surface area contributed by atoms with E-state index in [1.165, 1.54) is 11.0 Å². The molecule has 0 aliphatic carbocycles. The zero-order valence-corrected chi connectivity index (χ0v) is 11.6. The van der Waals surface area contributed by atoms with Crippen molar-refractivity contribution in [3.8, 4) is 0 Å². The minimum Gasteiger partial charge on any atom is -0.480 e. The summed E-state index contributed by atoms with van der Waals surface area (Å²) in [4.78, 5) is 39.7. The van der Waals surface area contributed by atoms with Crippen molar-refractivity contribution in [3.63, 3.8) is 0 Å². The fourth-order valence-corrected chi connectivity index (χ4v) is 2.59. The summed E-state index contributed by atoms with van der Waals surface area (Å²) in [6.07, 6.45) is 0. The van der Waals surface area contributed by atoms with Gasteiger partial charge in [0.25, 0.3) is 5.91 Å². The number of pyridine rings is 1. The Kier molecular flexibility index (Phi) is 3.64. The molecule has 7 heteroatoms. The summed E-state index contributed by atoms with van der Waals surface area (Å²) in [6.45, 7) is 0.399. The maximum absolute atomic E-state index is 12.7. The van der Waals surface area contributed by atoms with Gasteiger partial charge in [-0.3, -0.25) is 9.59 Å². The van der Waals surface area contributed by atoms with Crippen LogP contribution in [0.5, 0.6) is 0 Å². The Balaban J connectivity index is 2.08. The second kappa shape index (κ2) is 5.61. The lowest BCUT2D eigenvalue weighted by molar-refractivity contribution is -0.147. The number of hydrogen-bond donors (Lipinski definition) is 2. The molecule has 1 unspecified atom stereocenters. The molecule has 1 saturated heterocycles. The number of H-pyrrole nitrogens is 1. The van der Waals surface area contributed by atoms with Crippen LogP contribution < -0.4 is 5.56 Å². The molecule has 2 N–H and O–H groups in total. The highest BCUT2D eigenvalue weighted by Gasteiger charge is 2.33. The number of nitrogens with zero attached hydrogens (tertiary/aromatic N) is 1. The number of carboxylic acid groups (broad SMARTS) is 1. The summed E-state index contributed by atoms with van der Waals surface area (Å²) in [5.41, 5.74) is 0.341. The highest BCUT2D eigenvalue weighted by atomic mass is 16.5. The summed E-state index contributed by atoms with van der Waals surface area (Å²) in [5.74, 6) is -1.60. The van der Waals surface area contributed by atoms with Gasteiger partial charge < -0.3 is 19.7 Å². The minimum atomic E-state index is -1.12. The molecular formula is C15H14N2O5. The van der Waals surface area contributed by atoms with Crippen LogP contribution in [0.1, 0.15) is 10.4 Å². The second-order valence-electron chi connectivity index (χ2n) is 5.02. The molecule has 0 radical (unpaired) electrons. The topological polar surface area (TPSA) is 99.7 Å². The van der Waals surface area contributed by atoms with E-state index in [1.807, 2.05) is 0 Å². The van der Waals surface area contributed by atoms with Crippen LogP contribution in [0.3, 0.4) is 0 Å². The molecule has 0 saturated carbocycles. The van der Waals surface area contributed by atoms with Crippen molar-refractivity contribution in [3.05, 3.63) is 46.2 Å². The van der Waals surface area contributed by atoms with Gasteiger partial charge in [-0.05, 0) is 6.07 Å². The number of nitrogens with one attached hydrogen (secondary N) is 1. The lowest BCUT2D eigenvalue weighted by Crippen LogP contribution is -2.52. The van der Waals surface area contributed by atoms with Gasteiger partial charge in [0, 0.05) is 23.5 Å². The zero-order chi connectivity index (χ0) is 15.7. The number of para-hydroxylation sites is 1. The Morgan fingerprint density at radius 1 is 1.32 bits per heavy atom. The van der Waals surface area contributed by atoms with E-state index in [4.69, 9.17) is 4.74 Å². The van der Waals surface area contributed by atoms with E-state index in [0.717, 1.165) is 0 Å². The highest BCUT2D eigenvalue weighted by molar-refractivity contribution is 6.07. The van der Waals surface area contributed by atoms with Gasteiger partial charge in [-0.15, -0.1) is 0 Å². The van der Waals surface area contributed by atoms with Crippen LogP contribution in [-0.2, 0) is 9.53 Å². The van der Waals surface area contributed by atoms with Crippen LogP contribution in [0.25, 0.3) is 10.9 Å². The SMILES string of the molecule is O=C(O)C1COCCN1C(=O)c1cc(=O)[nH]c2ccccc12. The number of hydrogen-bond acceptors (Lipinski definition) is 4. The summed E-state index contributed by atoms with van der Waals surface area (Å²) >= 11 is 0. The van der Waals surface area contributed by atoms with Crippen molar-refractivity contribution in [2.24, 2.45) is 0 Å². The predicted octanol–water partition coefficient (Wildman–Crippen LogP) is 0.454. The smallest absolute Gasteiger partial charge is 0.328 e. The Labute approximate surface area is 125 Å². The standard InChI is InChI=1S/C15H14N2O5/c18-13-7-10(9-3-1-2-4-11(9)16-13)14(19)17-5-6-22-8-12(17)15(20)21/h1-4,7,12H,5-6,8H2,(H,16,18)(H,20,21). The zero-order valence-electron chi connectivity index (χ0n) is 11.6. The van der Waals surface area contributed by atoms with Gasteiger partial charge >= 0.3 is 5.97 Å². The first-order valence-electron chi connectivity index (χ1n) is 6.81. The predicted molar refractivity (Wildman–Crippen MR) is 77.8 cm³/mol. The van der Waals surface area contributed by atoms with Crippen molar-refractivity contribution in [2.45, 2.75) is 6.04 Å². The lowest BCUT2D eigenvalue weighted by atomic mass is 10.1. The average Bonchev–Trinajstić information content (AvgIpc) is 2.53. The van der Waals surface area contributed by atoms with E-state index >= 15 is 0 Å². The second-order valence-corrected chi connectivity index (χ2v) is 5.02. The molecule has 1 aromatic carbocycles. The molecule has 0 spiro atoms. The number of morpholine rings is 1. The molecule has 1 atom stereocenters. The first-order valence-corrected chi connectivity index (χ1v) is 6.81. The van der Waals surface area contributed by atoms with Crippen LogP contribution >= 0.6 is 0 Å². The maximum atomic E-state index is 12.7. The normalized spacial score (nSPS) is 18.4. The molecule has 22 heavy (non-hydrogen) atoms. The van der Waals surface area contributed by atoms with Crippen LogP contribution in [0.2, 0.25) is 0 Å². The Hall–Kier alpha value is -2.67. The quantitative estimate of drug-likeness (QED) is 0.839. The molecule has 1 fully saturated rings. The number of ether oxygens (including phenoxy) is 1. The molecule has 1 aliphatic heterocycles. The molecule has 1 amide bonds. The molecule has 7 nitrogen and oxygen atoms in total. The molecule has 3 rings (SSSR count).